The van der Waals surface area contributed by atoms with E-state index in [0.717, 1.165) is 22.3 Å². The van der Waals surface area contributed by atoms with Crippen LogP contribution in [0.2, 0.25) is 0 Å². The largest absolute Gasteiger partial charge is 0.309 e. The molecule has 27 heavy (non-hydrogen) atoms. The summed E-state index contributed by atoms with van der Waals surface area (Å²) in [5.74, 6) is 0.550. The number of aromatic nitrogens is 4. The number of rotatable bonds is 4. The normalized spacial score (nSPS) is 14.5. The van der Waals surface area contributed by atoms with Crippen molar-refractivity contribution >= 4 is 22.5 Å². The maximum atomic E-state index is 13.0. The first-order chi connectivity index (χ1) is 13.2. The summed E-state index contributed by atoms with van der Waals surface area (Å²) in [5, 5.41) is 1.74. The number of fused-ring (bicyclic) bond motifs is 2. The molecule has 5 rings (SSSR count). The summed E-state index contributed by atoms with van der Waals surface area (Å²) < 4.78 is 3.68. The Morgan fingerprint density at radius 2 is 2.04 bits per heavy atom. The molecule has 0 bridgehead atoms. The lowest BCUT2D eigenvalue weighted by molar-refractivity contribution is 0.421. The lowest BCUT2D eigenvalue weighted by Gasteiger charge is -2.26. The van der Waals surface area contributed by atoms with E-state index >= 15 is 0 Å². The van der Waals surface area contributed by atoms with E-state index in [1.54, 1.807) is 16.8 Å². The maximum absolute atomic E-state index is 13.0. The highest BCUT2D eigenvalue weighted by molar-refractivity contribution is 5.84. The smallest absolute Gasteiger partial charge is 0.260 e. The van der Waals surface area contributed by atoms with E-state index in [0.29, 0.717) is 17.8 Å². The number of imidazole rings is 1. The Hall–Kier alpha value is -3.21. The van der Waals surface area contributed by atoms with Crippen molar-refractivity contribution < 1.29 is 0 Å². The van der Waals surface area contributed by atoms with Crippen molar-refractivity contribution in [3.8, 4) is 0 Å². The second kappa shape index (κ2) is 6.20. The molecular formula is C22H20N4O. The first-order valence-corrected chi connectivity index (χ1v) is 9.30. The Labute approximate surface area is 156 Å². The van der Waals surface area contributed by atoms with Crippen LogP contribution in [-0.2, 0) is 6.54 Å². The third-order valence-electron chi connectivity index (χ3n) is 5.57. The number of hydrogen-bond acceptors (Lipinski definition) is 3. The molecule has 0 N–H and O–H groups in total. The van der Waals surface area contributed by atoms with Gasteiger partial charge in [-0.25, -0.2) is 4.98 Å². The lowest BCUT2D eigenvalue weighted by Crippen LogP contribution is -2.21. The van der Waals surface area contributed by atoms with Crippen LogP contribution < -0.4 is 5.56 Å². The summed E-state index contributed by atoms with van der Waals surface area (Å²) in [4.78, 5) is 22.0. The number of hydrogen-bond donors (Lipinski definition) is 0. The molecule has 1 saturated carbocycles. The molecule has 0 aromatic carbocycles. The summed E-state index contributed by atoms with van der Waals surface area (Å²) in [6.07, 6.45) is 14.9. The Kier molecular flexibility index (Phi) is 3.67. The molecule has 0 radical (unpaired) electrons. The molecule has 1 aliphatic rings. The van der Waals surface area contributed by atoms with E-state index in [-0.39, 0.29) is 5.56 Å². The van der Waals surface area contributed by atoms with Gasteiger partial charge in [0.05, 0.1) is 17.6 Å². The molecule has 0 aliphatic heterocycles. The predicted molar refractivity (Wildman–Crippen MR) is 107 cm³/mol. The van der Waals surface area contributed by atoms with Gasteiger partial charge in [0, 0.05) is 31.0 Å². The molecule has 134 valence electrons. The van der Waals surface area contributed by atoms with E-state index in [9.17, 15) is 4.79 Å². The average molecular weight is 356 g/mol. The fourth-order valence-corrected chi connectivity index (χ4v) is 3.83. The molecule has 0 atom stereocenters. The highest BCUT2D eigenvalue weighted by Gasteiger charge is 2.22. The molecule has 4 heterocycles. The number of pyridine rings is 3. The van der Waals surface area contributed by atoms with E-state index in [1.165, 1.54) is 24.8 Å². The van der Waals surface area contributed by atoms with Crippen molar-refractivity contribution in [2.45, 2.75) is 31.7 Å². The zero-order valence-corrected chi connectivity index (χ0v) is 15.0. The third-order valence-corrected chi connectivity index (χ3v) is 5.57. The van der Waals surface area contributed by atoms with Crippen LogP contribution in [0.15, 0.2) is 60.6 Å². The van der Waals surface area contributed by atoms with Gasteiger partial charge in [-0.1, -0.05) is 19.1 Å². The summed E-state index contributed by atoms with van der Waals surface area (Å²) in [6.45, 7) is 4.24. The summed E-state index contributed by atoms with van der Waals surface area (Å²) in [7, 11) is 0. The standard InChI is InChI=1S/C22H20N4O/c1-2-15-6-7-21-24-17(14-26(21)12-15)13-25-9-8-18-19(16-4-3-5-16)10-23-11-20(18)22(25)27/h2,6-12,14,16H,1,3-5,13H2. The first kappa shape index (κ1) is 16.0. The van der Waals surface area contributed by atoms with Crippen LogP contribution in [0.4, 0.5) is 0 Å². The monoisotopic (exact) mass is 356 g/mol. The maximum Gasteiger partial charge on any atom is 0.260 e. The molecule has 1 fully saturated rings. The van der Waals surface area contributed by atoms with Crippen molar-refractivity contribution in [3.05, 3.63) is 82.9 Å². The zero-order valence-electron chi connectivity index (χ0n) is 15.0. The number of nitrogens with zero attached hydrogens (tertiary/aromatic N) is 4. The third kappa shape index (κ3) is 2.67. The predicted octanol–water partition coefficient (Wildman–Crippen LogP) is 4.00. The average Bonchev–Trinajstić information content (AvgIpc) is 3.04. The van der Waals surface area contributed by atoms with Crippen LogP contribution in [0, 0.1) is 0 Å². The Bertz CT molecular complexity index is 1230. The van der Waals surface area contributed by atoms with Crippen LogP contribution >= 0.6 is 0 Å². The fourth-order valence-electron chi connectivity index (χ4n) is 3.83. The summed E-state index contributed by atoms with van der Waals surface area (Å²) >= 11 is 0. The van der Waals surface area contributed by atoms with Gasteiger partial charge in [0.1, 0.15) is 5.65 Å². The molecule has 0 spiro atoms. The summed E-state index contributed by atoms with van der Waals surface area (Å²) in [5.41, 5.74) is 3.95. The molecule has 1 aliphatic carbocycles. The molecule has 5 heteroatoms. The fraction of sp³-hybridized carbons (Fsp3) is 0.227. The van der Waals surface area contributed by atoms with Crippen molar-refractivity contribution in [2.24, 2.45) is 0 Å². The minimum Gasteiger partial charge on any atom is -0.309 e. The van der Waals surface area contributed by atoms with E-state index < -0.39 is 0 Å². The van der Waals surface area contributed by atoms with E-state index in [4.69, 9.17) is 0 Å². The van der Waals surface area contributed by atoms with Gasteiger partial charge in [-0.05, 0) is 53.5 Å². The molecule has 0 amide bonds. The quantitative estimate of drug-likeness (QED) is 0.555. The van der Waals surface area contributed by atoms with E-state index in [2.05, 4.69) is 22.6 Å². The Balaban J connectivity index is 1.54. The van der Waals surface area contributed by atoms with Crippen molar-refractivity contribution in [3.63, 3.8) is 0 Å². The van der Waals surface area contributed by atoms with Crippen molar-refractivity contribution in [1.29, 1.82) is 0 Å². The Morgan fingerprint density at radius 1 is 1.15 bits per heavy atom. The summed E-state index contributed by atoms with van der Waals surface area (Å²) in [6, 6.07) is 5.99. The van der Waals surface area contributed by atoms with Gasteiger partial charge < -0.3 is 8.97 Å². The molecule has 5 nitrogen and oxygen atoms in total. The minimum absolute atomic E-state index is 0.00925. The van der Waals surface area contributed by atoms with Gasteiger partial charge in [0.25, 0.3) is 5.56 Å². The van der Waals surface area contributed by atoms with Crippen molar-refractivity contribution in [2.75, 3.05) is 0 Å². The molecule has 4 aromatic rings. The molecule has 0 unspecified atom stereocenters. The van der Waals surface area contributed by atoms with Gasteiger partial charge >= 0.3 is 0 Å². The SMILES string of the molecule is C=Cc1ccc2nc(Cn3ccc4c(C5CCC5)cncc4c3=O)cn2c1. The van der Waals surface area contributed by atoms with Gasteiger partial charge in [0.15, 0.2) is 0 Å². The second-order valence-electron chi connectivity index (χ2n) is 7.23. The van der Waals surface area contributed by atoms with Gasteiger partial charge in [-0.3, -0.25) is 9.78 Å². The van der Waals surface area contributed by atoms with Crippen LogP contribution in [0.25, 0.3) is 22.5 Å². The highest BCUT2D eigenvalue weighted by atomic mass is 16.1. The Morgan fingerprint density at radius 3 is 2.81 bits per heavy atom. The topological polar surface area (TPSA) is 52.2 Å². The molecule has 4 aromatic heterocycles. The van der Waals surface area contributed by atoms with E-state index in [1.807, 2.05) is 41.3 Å². The van der Waals surface area contributed by atoms with Crippen LogP contribution in [-0.4, -0.2) is 18.9 Å². The van der Waals surface area contributed by atoms with Crippen LogP contribution in [0.3, 0.4) is 0 Å². The molecule has 0 saturated heterocycles. The van der Waals surface area contributed by atoms with Crippen LogP contribution in [0.5, 0.6) is 0 Å². The van der Waals surface area contributed by atoms with Gasteiger partial charge in [-0.2, -0.15) is 0 Å². The van der Waals surface area contributed by atoms with Crippen molar-refractivity contribution in [1.82, 2.24) is 18.9 Å². The minimum atomic E-state index is -0.00925. The molecular weight excluding hydrogens is 336 g/mol. The van der Waals surface area contributed by atoms with Gasteiger partial charge in [0.2, 0.25) is 0 Å². The van der Waals surface area contributed by atoms with Gasteiger partial charge in [-0.15, -0.1) is 0 Å². The zero-order chi connectivity index (χ0) is 18.4. The second-order valence-corrected chi connectivity index (χ2v) is 7.23. The lowest BCUT2D eigenvalue weighted by atomic mass is 9.79. The first-order valence-electron chi connectivity index (χ1n) is 9.30. The van der Waals surface area contributed by atoms with Crippen LogP contribution in [0.1, 0.15) is 42.0 Å². The highest BCUT2D eigenvalue weighted by Crippen LogP contribution is 2.38.